The molecule has 0 heterocycles. The van der Waals surface area contributed by atoms with Gasteiger partial charge in [-0.2, -0.15) is 0 Å². The third-order valence-electron chi connectivity index (χ3n) is 2.36. The van der Waals surface area contributed by atoms with Gasteiger partial charge in [0.1, 0.15) is 0 Å². The molecule has 92 valence electrons. The number of methoxy groups -OCH3 is 1. The van der Waals surface area contributed by atoms with Gasteiger partial charge in [-0.15, -0.1) is 0 Å². The number of ether oxygens (including phenoxy) is 1. The Bertz CT molecular complexity index is 429. The number of carbonyl (C=O) groups is 2. The van der Waals surface area contributed by atoms with Crippen molar-refractivity contribution in [3.05, 3.63) is 33.8 Å². The molecule has 0 atom stereocenters. The topological polar surface area (TPSA) is 63.6 Å². The Balaban J connectivity index is 2.87. The van der Waals surface area contributed by atoms with Gasteiger partial charge >= 0.3 is 11.9 Å². The van der Waals surface area contributed by atoms with Gasteiger partial charge in [0.05, 0.1) is 13.5 Å². The summed E-state index contributed by atoms with van der Waals surface area (Å²) in [5.41, 5.74) is 1.57. The number of hydrogen-bond acceptors (Lipinski definition) is 3. The highest BCUT2D eigenvalue weighted by molar-refractivity contribution is 9.10. The minimum absolute atomic E-state index is 0.0457. The van der Waals surface area contributed by atoms with Crippen molar-refractivity contribution in [1.29, 1.82) is 0 Å². The Morgan fingerprint density at radius 2 is 2.12 bits per heavy atom. The van der Waals surface area contributed by atoms with Gasteiger partial charge in [-0.05, 0) is 23.6 Å². The lowest BCUT2D eigenvalue weighted by atomic mass is 10.0. The van der Waals surface area contributed by atoms with E-state index < -0.39 is 5.97 Å². The van der Waals surface area contributed by atoms with E-state index in [4.69, 9.17) is 5.11 Å². The van der Waals surface area contributed by atoms with Crippen LogP contribution in [0.4, 0.5) is 0 Å². The fourth-order valence-electron chi connectivity index (χ4n) is 1.54. The number of halogens is 1. The summed E-state index contributed by atoms with van der Waals surface area (Å²) in [6.45, 7) is 0. The molecule has 0 fully saturated rings. The summed E-state index contributed by atoms with van der Waals surface area (Å²) in [6.07, 6.45) is 0.665. The van der Waals surface area contributed by atoms with Crippen molar-refractivity contribution in [3.63, 3.8) is 0 Å². The molecule has 5 heteroatoms. The fourth-order valence-corrected chi connectivity index (χ4v) is 2.15. The van der Waals surface area contributed by atoms with Crippen molar-refractivity contribution in [2.24, 2.45) is 0 Å². The Hall–Kier alpha value is -1.36. The number of aliphatic carboxylic acids is 1. The average molecular weight is 301 g/mol. The number of benzene rings is 1. The maximum atomic E-state index is 11.1. The van der Waals surface area contributed by atoms with E-state index in [-0.39, 0.29) is 18.8 Å². The van der Waals surface area contributed by atoms with Gasteiger partial charge in [0.15, 0.2) is 0 Å². The number of carbonyl (C=O) groups excluding carboxylic acids is 1. The van der Waals surface area contributed by atoms with E-state index in [1.54, 1.807) is 12.1 Å². The highest BCUT2D eigenvalue weighted by Crippen LogP contribution is 2.23. The van der Waals surface area contributed by atoms with Gasteiger partial charge in [-0.1, -0.05) is 28.1 Å². The normalized spacial score (nSPS) is 10.0. The lowest BCUT2D eigenvalue weighted by molar-refractivity contribution is -0.140. The second-order valence-electron chi connectivity index (χ2n) is 3.52. The third-order valence-corrected chi connectivity index (χ3v) is 3.11. The highest BCUT2D eigenvalue weighted by Gasteiger charge is 2.11. The van der Waals surface area contributed by atoms with E-state index >= 15 is 0 Å². The van der Waals surface area contributed by atoms with Crippen LogP contribution in [0, 0.1) is 0 Å². The summed E-state index contributed by atoms with van der Waals surface area (Å²) in [5.74, 6) is -1.19. The van der Waals surface area contributed by atoms with Crippen molar-refractivity contribution in [1.82, 2.24) is 0 Å². The number of hydrogen-bond donors (Lipinski definition) is 1. The quantitative estimate of drug-likeness (QED) is 0.847. The van der Waals surface area contributed by atoms with Crippen LogP contribution < -0.4 is 0 Å². The predicted molar refractivity (Wildman–Crippen MR) is 65.8 cm³/mol. The molecule has 0 unspecified atom stereocenters. The van der Waals surface area contributed by atoms with Crippen LogP contribution in [0.2, 0.25) is 0 Å². The van der Waals surface area contributed by atoms with Crippen LogP contribution in [-0.2, 0) is 27.2 Å². The van der Waals surface area contributed by atoms with Crippen molar-refractivity contribution in [2.45, 2.75) is 19.3 Å². The molecule has 1 aromatic rings. The predicted octanol–water partition coefficient (Wildman–Crippen LogP) is 2.18. The zero-order valence-electron chi connectivity index (χ0n) is 9.40. The van der Waals surface area contributed by atoms with Crippen LogP contribution in [0.1, 0.15) is 17.5 Å². The van der Waals surface area contributed by atoms with Crippen molar-refractivity contribution >= 4 is 27.9 Å². The van der Waals surface area contributed by atoms with Crippen molar-refractivity contribution in [3.8, 4) is 0 Å². The molecule has 1 aromatic carbocycles. The monoisotopic (exact) mass is 300 g/mol. The molecule has 1 N–H and O–H groups in total. The summed E-state index contributed by atoms with van der Waals surface area (Å²) in [6, 6.07) is 5.37. The summed E-state index contributed by atoms with van der Waals surface area (Å²) in [5, 5.41) is 8.80. The molecule has 0 aliphatic heterocycles. The summed E-state index contributed by atoms with van der Waals surface area (Å²) >= 11 is 3.36. The first-order chi connectivity index (χ1) is 8.04. The molecular formula is C12H13BrO4. The van der Waals surface area contributed by atoms with E-state index in [0.717, 1.165) is 15.6 Å². The van der Waals surface area contributed by atoms with E-state index in [1.807, 2.05) is 6.07 Å². The van der Waals surface area contributed by atoms with Crippen molar-refractivity contribution < 1.29 is 19.4 Å². The molecule has 0 saturated carbocycles. The lowest BCUT2D eigenvalue weighted by Crippen LogP contribution is -2.07. The van der Waals surface area contributed by atoms with Gasteiger partial charge in [0.25, 0.3) is 0 Å². The lowest BCUT2D eigenvalue weighted by Gasteiger charge is -2.09. The zero-order valence-corrected chi connectivity index (χ0v) is 11.0. The Labute approximate surface area is 108 Å². The summed E-state index contributed by atoms with van der Waals surface area (Å²) in [4.78, 5) is 21.8. The number of rotatable bonds is 5. The number of carboxylic acid groups (broad SMARTS) is 1. The fraction of sp³-hybridized carbons (Fsp3) is 0.333. The molecule has 17 heavy (non-hydrogen) atoms. The minimum atomic E-state index is -0.887. The molecule has 0 radical (unpaired) electrons. The van der Waals surface area contributed by atoms with Crippen LogP contribution in [0.5, 0.6) is 0 Å². The molecular weight excluding hydrogens is 288 g/mol. The third kappa shape index (κ3) is 4.19. The van der Waals surface area contributed by atoms with Crippen molar-refractivity contribution in [2.75, 3.05) is 7.11 Å². The summed E-state index contributed by atoms with van der Waals surface area (Å²) in [7, 11) is 1.33. The van der Waals surface area contributed by atoms with E-state index in [2.05, 4.69) is 20.7 Å². The average Bonchev–Trinajstić information content (AvgIpc) is 2.27. The van der Waals surface area contributed by atoms with Crippen LogP contribution in [0.25, 0.3) is 0 Å². The molecule has 0 spiro atoms. The first-order valence-corrected chi connectivity index (χ1v) is 5.88. The van der Waals surface area contributed by atoms with Gasteiger partial charge in [-0.25, -0.2) is 0 Å². The molecule has 0 bridgehead atoms. The zero-order chi connectivity index (χ0) is 12.8. The first kappa shape index (κ1) is 13.7. The molecule has 0 amide bonds. The van der Waals surface area contributed by atoms with Gasteiger partial charge < -0.3 is 9.84 Å². The molecule has 1 rings (SSSR count). The number of carboxylic acids is 1. The molecule has 0 aliphatic rings. The highest BCUT2D eigenvalue weighted by atomic mass is 79.9. The van der Waals surface area contributed by atoms with Crippen LogP contribution >= 0.6 is 15.9 Å². The van der Waals surface area contributed by atoms with E-state index in [0.29, 0.717) is 6.42 Å². The first-order valence-electron chi connectivity index (χ1n) is 5.09. The Morgan fingerprint density at radius 3 is 2.71 bits per heavy atom. The van der Waals surface area contributed by atoms with Crippen LogP contribution in [-0.4, -0.2) is 24.2 Å². The van der Waals surface area contributed by atoms with E-state index in [1.165, 1.54) is 7.11 Å². The smallest absolute Gasteiger partial charge is 0.307 e. The number of esters is 1. The largest absolute Gasteiger partial charge is 0.481 e. The molecule has 0 aromatic heterocycles. The van der Waals surface area contributed by atoms with E-state index in [9.17, 15) is 9.59 Å². The maximum Gasteiger partial charge on any atom is 0.307 e. The standard InChI is InChI=1S/C12H13BrO4/c1-17-12(16)6-5-9-8(7-11(14)15)3-2-4-10(9)13/h2-4H,5-7H2,1H3,(H,14,15). The molecule has 0 aliphatic carbocycles. The van der Waals surface area contributed by atoms with Gasteiger partial charge in [0, 0.05) is 10.9 Å². The second kappa shape index (κ2) is 6.39. The maximum absolute atomic E-state index is 11.1. The van der Waals surface area contributed by atoms with Crippen LogP contribution in [0.15, 0.2) is 22.7 Å². The molecule has 4 nitrogen and oxygen atoms in total. The Morgan fingerprint density at radius 1 is 1.41 bits per heavy atom. The van der Waals surface area contributed by atoms with Crippen LogP contribution in [0.3, 0.4) is 0 Å². The minimum Gasteiger partial charge on any atom is -0.481 e. The second-order valence-corrected chi connectivity index (χ2v) is 4.38. The summed E-state index contributed by atoms with van der Waals surface area (Å²) < 4.78 is 5.38. The van der Waals surface area contributed by atoms with Gasteiger partial charge in [-0.3, -0.25) is 9.59 Å². The Kier molecular flexibility index (Phi) is 5.15. The van der Waals surface area contributed by atoms with Gasteiger partial charge in [0.2, 0.25) is 0 Å². The SMILES string of the molecule is COC(=O)CCc1c(Br)cccc1CC(=O)O. The molecule has 0 saturated heterocycles.